The van der Waals surface area contributed by atoms with Crippen LogP contribution in [0.15, 0.2) is 42.6 Å². The van der Waals surface area contributed by atoms with Gasteiger partial charge in [0.05, 0.1) is 5.52 Å². The first-order valence-corrected chi connectivity index (χ1v) is 3.26. The molecule has 12 heavy (non-hydrogen) atoms. The topological polar surface area (TPSA) is 47.9 Å². The zero-order valence-corrected chi connectivity index (χ0v) is 7.42. The van der Waals surface area contributed by atoms with Gasteiger partial charge in [-0.1, -0.05) is 24.3 Å². The Labute approximate surface area is 77.6 Å². The number of aromatic nitrogens is 1. The summed E-state index contributed by atoms with van der Waals surface area (Å²) in [6.45, 7) is 0. The van der Waals surface area contributed by atoms with Gasteiger partial charge in [0.25, 0.3) is 0 Å². The molecule has 2 aromatic rings. The lowest BCUT2D eigenvalue weighted by atomic mass is 10.2. The van der Waals surface area contributed by atoms with Crippen molar-refractivity contribution in [3.63, 3.8) is 0 Å². The minimum Gasteiger partial charge on any atom is -0.344 e. The van der Waals surface area contributed by atoms with Gasteiger partial charge in [-0.05, 0) is 12.1 Å². The molecule has 0 fully saturated rings. The van der Waals surface area contributed by atoms with E-state index in [0.717, 1.165) is 5.52 Å². The van der Waals surface area contributed by atoms with E-state index in [1.807, 2.05) is 30.5 Å². The second-order valence-corrected chi connectivity index (χ2v) is 2.20. The molecule has 0 unspecified atom stereocenters. The van der Waals surface area contributed by atoms with Crippen LogP contribution in [0.4, 0.5) is 0 Å². The van der Waals surface area contributed by atoms with Gasteiger partial charge in [-0.2, -0.15) is 0 Å². The third-order valence-electron chi connectivity index (χ3n) is 1.51. The number of rotatable bonds is 0. The molecule has 0 atom stereocenters. The summed E-state index contributed by atoms with van der Waals surface area (Å²) < 4.78 is 0. The fourth-order valence-corrected chi connectivity index (χ4v) is 1.02. The Morgan fingerprint density at radius 3 is 2.33 bits per heavy atom. The molecule has 1 heterocycles. The lowest BCUT2D eigenvalue weighted by Gasteiger charge is -1.91. The van der Waals surface area contributed by atoms with Gasteiger partial charge in [0, 0.05) is 11.6 Å². The lowest BCUT2D eigenvalue weighted by Crippen LogP contribution is -1.73. The predicted molar refractivity (Wildman–Crippen MR) is 54.0 cm³/mol. The molecule has 0 aliphatic heterocycles. The number of nitrogens with zero attached hydrogens (tertiary/aromatic N) is 1. The monoisotopic (exact) mass is 182 g/mol. The normalized spacial score (nSPS) is 8.33. The number of halogens is 1. The highest BCUT2D eigenvalue weighted by atomic mass is 35.5. The summed E-state index contributed by atoms with van der Waals surface area (Å²) in [6.07, 6.45) is 1.81. The SMILES string of the molecule is Cl.N.c1ccc2ncccc2c1. The molecule has 0 radical (unpaired) electrons. The van der Waals surface area contributed by atoms with Gasteiger partial charge in [-0.25, -0.2) is 0 Å². The summed E-state index contributed by atoms with van der Waals surface area (Å²) in [4.78, 5) is 4.18. The molecule has 2 nitrogen and oxygen atoms in total. The fraction of sp³-hybridized carbons (Fsp3) is 0. The van der Waals surface area contributed by atoms with Gasteiger partial charge < -0.3 is 6.15 Å². The molecule has 0 spiro atoms. The predicted octanol–water partition coefficient (Wildman–Crippen LogP) is 2.82. The van der Waals surface area contributed by atoms with E-state index in [1.165, 1.54) is 5.39 Å². The van der Waals surface area contributed by atoms with Crippen molar-refractivity contribution in [2.75, 3.05) is 0 Å². The molecule has 0 bridgehead atoms. The molecule has 1 aromatic carbocycles. The molecule has 0 saturated heterocycles. The Kier molecular flexibility index (Phi) is 4.26. The van der Waals surface area contributed by atoms with Gasteiger partial charge in [-0.15, -0.1) is 12.4 Å². The van der Waals surface area contributed by atoms with Crippen LogP contribution in [-0.4, -0.2) is 4.98 Å². The van der Waals surface area contributed by atoms with Crippen LogP contribution < -0.4 is 6.15 Å². The highest BCUT2D eigenvalue weighted by Crippen LogP contribution is 2.07. The Bertz CT molecular complexity index is 284. The molecular weight excluding hydrogens is 172 g/mol. The van der Waals surface area contributed by atoms with Gasteiger partial charge in [0.2, 0.25) is 0 Å². The zero-order valence-electron chi connectivity index (χ0n) is 6.60. The number of para-hydroxylation sites is 1. The summed E-state index contributed by atoms with van der Waals surface area (Å²) in [7, 11) is 0. The molecule has 3 heteroatoms. The van der Waals surface area contributed by atoms with Crippen LogP contribution in [0, 0.1) is 0 Å². The first-order chi connectivity index (χ1) is 4.97. The van der Waals surface area contributed by atoms with E-state index in [-0.39, 0.29) is 18.6 Å². The van der Waals surface area contributed by atoms with Crippen molar-refractivity contribution in [2.24, 2.45) is 0 Å². The summed E-state index contributed by atoms with van der Waals surface area (Å²) >= 11 is 0. The van der Waals surface area contributed by atoms with E-state index in [9.17, 15) is 0 Å². The number of hydrogen-bond acceptors (Lipinski definition) is 2. The van der Waals surface area contributed by atoms with Crippen molar-refractivity contribution in [2.45, 2.75) is 0 Å². The summed E-state index contributed by atoms with van der Waals surface area (Å²) in [6, 6.07) is 12.1. The fourth-order valence-electron chi connectivity index (χ4n) is 1.02. The molecule has 0 amide bonds. The lowest BCUT2D eigenvalue weighted by molar-refractivity contribution is 1.41. The van der Waals surface area contributed by atoms with Crippen molar-refractivity contribution in [1.29, 1.82) is 0 Å². The average Bonchev–Trinajstić information content (AvgIpc) is 2.05. The number of fused-ring (bicyclic) bond motifs is 1. The van der Waals surface area contributed by atoms with E-state index < -0.39 is 0 Å². The Balaban J connectivity index is 0.000000605. The van der Waals surface area contributed by atoms with Crippen molar-refractivity contribution in [3.8, 4) is 0 Å². The smallest absolute Gasteiger partial charge is 0.0701 e. The summed E-state index contributed by atoms with van der Waals surface area (Å²) in [5.74, 6) is 0. The van der Waals surface area contributed by atoms with E-state index >= 15 is 0 Å². The van der Waals surface area contributed by atoms with Crippen LogP contribution in [0.1, 0.15) is 0 Å². The van der Waals surface area contributed by atoms with E-state index in [2.05, 4.69) is 17.1 Å². The maximum atomic E-state index is 4.18. The largest absolute Gasteiger partial charge is 0.344 e. The summed E-state index contributed by atoms with van der Waals surface area (Å²) in [5.41, 5.74) is 1.06. The number of benzene rings is 1. The Hall–Kier alpha value is -1.12. The van der Waals surface area contributed by atoms with Crippen molar-refractivity contribution < 1.29 is 0 Å². The van der Waals surface area contributed by atoms with Crippen LogP contribution in [0.3, 0.4) is 0 Å². The Morgan fingerprint density at radius 2 is 1.58 bits per heavy atom. The van der Waals surface area contributed by atoms with Crippen molar-refractivity contribution >= 4 is 23.3 Å². The second-order valence-electron chi connectivity index (χ2n) is 2.20. The van der Waals surface area contributed by atoms with Crippen LogP contribution in [0.25, 0.3) is 10.9 Å². The van der Waals surface area contributed by atoms with Gasteiger partial charge >= 0.3 is 0 Å². The molecular formula is C9H11ClN2. The first-order valence-electron chi connectivity index (χ1n) is 3.26. The van der Waals surface area contributed by atoms with Crippen molar-refractivity contribution in [1.82, 2.24) is 11.1 Å². The number of pyridine rings is 1. The molecule has 0 aliphatic rings. The molecule has 64 valence electrons. The van der Waals surface area contributed by atoms with Crippen molar-refractivity contribution in [3.05, 3.63) is 42.6 Å². The number of hydrogen-bond donors (Lipinski definition) is 1. The van der Waals surface area contributed by atoms with E-state index in [1.54, 1.807) is 0 Å². The van der Waals surface area contributed by atoms with Gasteiger partial charge in [0.15, 0.2) is 0 Å². The molecule has 3 N–H and O–H groups in total. The van der Waals surface area contributed by atoms with E-state index in [4.69, 9.17) is 0 Å². The average molecular weight is 183 g/mol. The van der Waals surface area contributed by atoms with Crippen LogP contribution in [-0.2, 0) is 0 Å². The van der Waals surface area contributed by atoms with E-state index in [0.29, 0.717) is 0 Å². The first kappa shape index (κ1) is 10.9. The quantitative estimate of drug-likeness (QED) is 0.681. The van der Waals surface area contributed by atoms with Crippen LogP contribution in [0.5, 0.6) is 0 Å². The van der Waals surface area contributed by atoms with Crippen LogP contribution in [0.2, 0.25) is 0 Å². The maximum Gasteiger partial charge on any atom is 0.0701 e. The molecule has 0 saturated carbocycles. The van der Waals surface area contributed by atoms with Crippen LogP contribution >= 0.6 is 12.4 Å². The Morgan fingerprint density at radius 1 is 0.917 bits per heavy atom. The highest BCUT2D eigenvalue weighted by molar-refractivity contribution is 5.85. The third kappa shape index (κ3) is 1.94. The minimum atomic E-state index is 0. The molecule has 0 aliphatic carbocycles. The zero-order chi connectivity index (χ0) is 6.81. The third-order valence-corrected chi connectivity index (χ3v) is 1.51. The maximum absolute atomic E-state index is 4.18. The summed E-state index contributed by atoms with van der Waals surface area (Å²) in [5, 5.41) is 1.20. The second kappa shape index (κ2) is 4.70. The van der Waals surface area contributed by atoms with Gasteiger partial charge in [-0.3, -0.25) is 4.98 Å². The highest BCUT2D eigenvalue weighted by Gasteiger charge is 1.86. The van der Waals surface area contributed by atoms with Gasteiger partial charge in [0.1, 0.15) is 0 Å². The standard InChI is InChI=1S/C9H7N.ClH.H3N/c1-2-6-9-8(4-1)5-3-7-10-9;;/h1-7H;1H;1H3. The molecule has 2 rings (SSSR count). The minimum absolute atomic E-state index is 0. The molecule has 1 aromatic heterocycles.